The van der Waals surface area contributed by atoms with E-state index in [4.69, 9.17) is 4.74 Å². The predicted octanol–water partition coefficient (Wildman–Crippen LogP) is 5.16. The fraction of sp³-hybridized carbons (Fsp3) is 0.286. The highest BCUT2D eigenvalue weighted by Crippen LogP contribution is 2.26. The summed E-state index contributed by atoms with van der Waals surface area (Å²) in [5, 5.41) is 3.16. The van der Waals surface area contributed by atoms with Crippen molar-refractivity contribution < 1.29 is 9.53 Å². The molecule has 0 heterocycles. The van der Waals surface area contributed by atoms with Crippen LogP contribution in [0.4, 0.5) is 0 Å². The molecule has 0 saturated carbocycles. The van der Waals surface area contributed by atoms with Gasteiger partial charge in [0.25, 0.3) is 5.91 Å². The van der Waals surface area contributed by atoms with Gasteiger partial charge < -0.3 is 10.1 Å². The number of amides is 1. The van der Waals surface area contributed by atoms with Gasteiger partial charge in [-0.2, -0.15) is 0 Å². The summed E-state index contributed by atoms with van der Waals surface area (Å²) >= 11 is 1.62. The Labute approximate surface area is 154 Å². The van der Waals surface area contributed by atoms with Gasteiger partial charge in [-0.05, 0) is 42.7 Å². The lowest BCUT2D eigenvalue weighted by atomic mass is 10.0. The molecule has 0 bridgehead atoms. The van der Waals surface area contributed by atoms with Crippen LogP contribution < -0.4 is 10.1 Å². The van der Waals surface area contributed by atoms with Gasteiger partial charge in [-0.15, -0.1) is 18.3 Å². The van der Waals surface area contributed by atoms with E-state index in [1.807, 2.05) is 49.4 Å². The van der Waals surface area contributed by atoms with E-state index >= 15 is 0 Å². The number of thioether (sulfide) groups is 1. The van der Waals surface area contributed by atoms with Crippen LogP contribution in [0.2, 0.25) is 0 Å². The number of methoxy groups -OCH3 is 1. The minimum absolute atomic E-state index is 0.0328. The molecule has 0 radical (unpaired) electrons. The first-order chi connectivity index (χ1) is 12.1. The van der Waals surface area contributed by atoms with Gasteiger partial charge in [-0.25, -0.2) is 0 Å². The molecule has 0 aromatic heterocycles. The number of ether oxygens (including phenoxy) is 1. The molecule has 0 spiro atoms. The summed E-state index contributed by atoms with van der Waals surface area (Å²) in [6.07, 6.45) is 2.66. The molecule has 0 saturated heterocycles. The molecule has 2 rings (SSSR count). The Morgan fingerprint density at radius 2 is 2.08 bits per heavy atom. The van der Waals surface area contributed by atoms with Crippen molar-refractivity contribution in [2.24, 2.45) is 0 Å². The molecule has 0 unspecified atom stereocenters. The average molecular weight is 356 g/mol. The molecule has 1 N–H and O–H groups in total. The fourth-order valence-corrected chi connectivity index (χ4v) is 3.49. The summed E-state index contributed by atoms with van der Waals surface area (Å²) in [6, 6.07) is 13.7. The van der Waals surface area contributed by atoms with Crippen molar-refractivity contribution in [2.45, 2.75) is 31.2 Å². The van der Waals surface area contributed by atoms with Crippen LogP contribution in [0, 0.1) is 6.92 Å². The van der Waals surface area contributed by atoms with Crippen molar-refractivity contribution in [1.82, 2.24) is 5.32 Å². The van der Waals surface area contributed by atoms with Crippen LogP contribution >= 0.6 is 11.8 Å². The third kappa shape index (κ3) is 4.89. The lowest BCUT2D eigenvalue weighted by molar-refractivity contribution is 0.0932. The first-order valence-corrected chi connectivity index (χ1v) is 9.37. The molecule has 0 aliphatic heterocycles. The lowest BCUT2D eigenvalue weighted by Crippen LogP contribution is -2.28. The molecular formula is C21H25NO2S. The van der Waals surface area contributed by atoms with E-state index in [9.17, 15) is 4.79 Å². The first kappa shape index (κ1) is 19.1. The minimum Gasteiger partial charge on any atom is -0.496 e. The second kappa shape index (κ2) is 9.33. The minimum atomic E-state index is -0.0486. The van der Waals surface area contributed by atoms with Crippen LogP contribution in [0.1, 0.15) is 40.9 Å². The highest BCUT2D eigenvalue weighted by molar-refractivity contribution is 7.99. The molecule has 1 atom stereocenters. The van der Waals surface area contributed by atoms with Gasteiger partial charge in [-0.3, -0.25) is 4.79 Å². The zero-order valence-corrected chi connectivity index (χ0v) is 15.9. The molecule has 3 nitrogen and oxygen atoms in total. The molecule has 0 aliphatic rings. The number of aryl methyl sites for hydroxylation is 1. The Morgan fingerprint density at radius 3 is 2.72 bits per heavy atom. The fourth-order valence-electron chi connectivity index (χ4n) is 2.70. The Bertz CT molecular complexity index is 742. The number of hydrogen-bond donors (Lipinski definition) is 1. The van der Waals surface area contributed by atoms with Gasteiger partial charge in [0.05, 0.1) is 18.7 Å². The van der Waals surface area contributed by atoms with Gasteiger partial charge in [0, 0.05) is 10.6 Å². The Balaban J connectivity index is 2.20. The molecule has 4 heteroatoms. The van der Waals surface area contributed by atoms with Crippen LogP contribution in [0.3, 0.4) is 0 Å². The smallest absolute Gasteiger partial charge is 0.252 e. The van der Waals surface area contributed by atoms with Gasteiger partial charge in [0.1, 0.15) is 5.75 Å². The Morgan fingerprint density at radius 1 is 1.32 bits per heavy atom. The number of hydrogen-bond acceptors (Lipinski definition) is 3. The number of carbonyl (C=O) groups is 1. The lowest BCUT2D eigenvalue weighted by Gasteiger charge is -2.19. The average Bonchev–Trinajstić information content (AvgIpc) is 2.64. The molecule has 132 valence electrons. The van der Waals surface area contributed by atoms with Crippen LogP contribution in [-0.4, -0.2) is 18.8 Å². The monoisotopic (exact) mass is 355 g/mol. The second-order valence-corrected chi connectivity index (χ2v) is 6.82. The van der Waals surface area contributed by atoms with E-state index in [1.165, 1.54) is 0 Å². The van der Waals surface area contributed by atoms with Crippen LogP contribution in [0.25, 0.3) is 0 Å². The number of carbonyl (C=O) groups excluding carboxylic acids is 1. The van der Waals surface area contributed by atoms with Gasteiger partial charge in [0.15, 0.2) is 0 Å². The van der Waals surface area contributed by atoms with Gasteiger partial charge >= 0.3 is 0 Å². The van der Waals surface area contributed by atoms with Crippen LogP contribution in [0.15, 0.2) is 60.0 Å². The number of nitrogens with one attached hydrogen (secondary N) is 1. The number of rotatable bonds is 8. The van der Waals surface area contributed by atoms with Gasteiger partial charge in [-0.1, -0.05) is 37.3 Å². The zero-order chi connectivity index (χ0) is 18.2. The van der Waals surface area contributed by atoms with E-state index in [-0.39, 0.29) is 11.9 Å². The highest BCUT2D eigenvalue weighted by Gasteiger charge is 2.17. The maximum atomic E-state index is 12.8. The number of benzene rings is 2. The maximum Gasteiger partial charge on any atom is 0.252 e. The first-order valence-electron chi connectivity index (χ1n) is 8.38. The maximum absolute atomic E-state index is 12.8. The summed E-state index contributed by atoms with van der Waals surface area (Å²) in [7, 11) is 1.67. The highest BCUT2D eigenvalue weighted by atomic mass is 32.2. The van der Waals surface area contributed by atoms with E-state index in [2.05, 4.69) is 24.9 Å². The predicted molar refractivity (Wildman–Crippen MR) is 106 cm³/mol. The SMILES string of the molecule is C=CCSc1ccccc1C(=O)N[C@@H](CC)c1ccc(OC)c(C)c1. The topological polar surface area (TPSA) is 38.3 Å². The molecule has 2 aromatic rings. The van der Waals surface area contributed by atoms with E-state index in [1.54, 1.807) is 18.9 Å². The van der Waals surface area contributed by atoms with Crippen LogP contribution in [-0.2, 0) is 0 Å². The normalized spacial score (nSPS) is 11.6. The summed E-state index contributed by atoms with van der Waals surface area (Å²) in [6.45, 7) is 7.83. The standard InChI is InChI=1S/C21H25NO2S/c1-5-13-25-20-10-8-7-9-17(20)21(23)22-18(6-2)16-11-12-19(24-4)15(3)14-16/h5,7-12,14,18H,1,6,13H2,2-4H3,(H,22,23)/t18-/m0/s1. The molecule has 0 aliphatic carbocycles. The second-order valence-electron chi connectivity index (χ2n) is 5.76. The third-order valence-corrected chi connectivity index (χ3v) is 5.09. The summed E-state index contributed by atoms with van der Waals surface area (Å²) in [5.74, 6) is 1.59. The summed E-state index contributed by atoms with van der Waals surface area (Å²) in [4.78, 5) is 13.8. The summed E-state index contributed by atoms with van der Waals surface area (Å²) < 4.78 is 5.32. The van der Waals surface area contributed by atoms with Crippen molar-refractivity contribution in [3.8, 4) is 5.75 Å². The quantitative estimate of drug-likeness (QED) is 0.525. The molecule has 25 heavy (non-hydrogen) atoms. The third-order valence-electron chi connectivity index (χ3n) is 4.02. The van der Waals surface area contributed by atoms with Crippen LogP contribution in [0.5, 0.6) is 5.75 Å². The Kier molecular flexibility index (Phi) is 7.14. The van der Waals surface area contributed by atoms with Crippen molar-refractivity contribution in [1.29, 1.82) is 0 Å². The summed E-state index contributed by atoms with van der Waals surface area (Å²) in [5.41, 5.74) is 2.86. The zero-order valence-electron chi connectivity index (χ0n) is 15.0. The van der Waals surface area contributed by atoms with Crippen molar-refractivity contribution in [2.75, 3.05) is 12.9 Å². The molecular weight excluding hydrogens is 330 g/mol. The molecule has 2 aromatic carbocycles. The van der Waals surface area contributed by atoms with Crippen molar-refractivity contribution >= 4 is 17.7 Å². The van der Waals surface area contributed by atoms with E-state index in [0.717, 1.165) is 33.9 Å². The van der Waals surface area contributed by atoms with Gasteiger partial charge in [0.2, 0.25) is 0 Å². The Hall–Kier alpha value is -2.20. The van der Waals surface area contributed by atoms with E-state index in [0.29, 0.717) is 5.56 Å². The van der Waals surface area contributed by atoms with E-state index < -0.39 is 0 Å². The molecule has 0 fully saturated rings. The van der Waals surface area contributed by atoms with Crippen molar-refractivity contribution in [3.63, 3.8) is 0 Å². The molecule has 1 amide bonds. The van der Waals surface area contributed by atoms with Crippen molar-refractivity contribution in [3.05, 3.63) is 71.8 Å². The largest absolute Gasteiger partial charge is 0.496 e.